The Kier molecular flexibility index (Phi) is 4.82. The van der Waals surface area contributed by atoms with Crippen LogP contribution in [0.25, 0.3) is 22.2 Å². The van der Waals surface area contributed by atoms with E-state index in [1.54, 1.807) is 54.2 Å². The van der Waals surface area contributed by atoms with Crippen molar-refractivity contribution in [2.75, 3.05) is 5.43 Å². The lowest BCUT2D eigenvalue weighted by atomic mass is 10.1. The maximum atomic E-state index is 14.6. The molecule has 0 spiro atoms. The number of hydrazone groups is 1. The highest BCUT2D eigenvalue weighted by molar-refractivity contribution is 5.90. The first-order valence-corrected chi connectivity index (χ1v) is 8.81. The van der Waals surface area contributed by atoms with Crippen LogP contribution in [0, 0.1) is 23.0 Å². The van der Waals surface area contributed by atoms with Crippen molar-refractivity contribution in [1.82, 2.24) is 14.5 Å². The second-order valence-electron chi connectivity index (χ2n) is 6.43. The molecule has 0 fully saturated rings. The first-order valence-electron chi connectivity index (χ1n) is 8.81. The van der Waals surface area contributed by atoms with Gasteiger partial charge in [0.15, 0.2) is 0 Å². The van der Waals surface area contributed by atoms with Crippen LogP contribution in [-0.2, 0) is 7.05 Å². The summed E-state index contributed by atoms with van der Waals surface area (Å²) in [5.41, 5.74) is 2.47. The molecule has 4 rings (SSSR count). The van der Waals surface area contributed by atoms with Gasteiger partial charge in [0.25, 0.3) is 5.56 Å². The number of aryl methyl sites for hydroxylation is 1. The second kappa shape index (κ2) is 7.60. The Bertz CT molecular complexity index is 1380. The Morgan fingerprint density at radius 2 is 2.03 bits per heavy atom. The smallest absolute Gasteiger partial charge is 0.270 e. The van der Waals surface area contributed by atoms with E-state index in [9.17, 15) is 18.8 Å². The molecule has 9 heteroatoms. The van der Waals surface area contributed by atoms with Gasteiger partial charge in [-0.2, -0.15) is 10.4 Å². The van der Waals surface area contributed by atoms with Gasteiger partial charge >= 0.3 is 0 Å². The standard InChI is InChI=1S/C21H14F2N6O/c1-29-8-7-13-17(29)9-16(22)15(18(13)23)11-25-28-21-26-19(12-5-3-2-4-6-12)14(10-24)20(30)27-21/h2-9,11H,1H3,(H2,26,27,28,30). The Hall–Kier alpha value is -4.32. The van der Waals surface area contributed by atoms with Gasteiger partial charge in [0.05, 0.1) is 23.0 Å². The molecule has 2 N–H and O–H groups in total. The molecular weight excluding hydrogens is 390 g/mol. The SMILES string of the molecule is Cn1ccc2c(F)c(C=NNc3nc(-c4ccccc4)c(C#N)c(=O)[nH]3)c(F)cc21. The molecule has 2 aromatic carbocycles. The fraction of sp³-hybridized carbons (Fsp3) is 0.0476. The minimum atomic E-state index is -0.779. The van der Waals surface area contributed by atoms with Crippen molar-refractivity contribution in [3.8, 4) is 17.3 Å². The van der Waals surface area contributed by atoms with Gasteiger partial charge in [-0.3, -0.25) is 9.78 Å². The Morgan fingerprint density at radius 3 is 2.77 bits per heavy atom. The molecule has 2 aromatic heterocycles. The number of nitriles is 1. The molecule has 30 heavy (non-hydrogen) atoms. The number of hydrogen-bond donors (Lipinski definition) is 2. The number of aromatic nitrogens is 3. The van der Waals surface area contributed by atoms with Gasteiger partial charge < -0.3 is 4.57 Å². The van der Waals surface area contributed by atoms with E-state index >= 15 is 0 Å². The van der Waals surface area contributed by atoms with Crippen molar-refractivity contribution >= 4 is 23.1 Å². The monoisotopic (exact) mass is 404 g/mol. The Morgan fingerprint density at radius 1 is 1.27 bits per heavy atom. The molecule has 7 nitrogen and oxygen atoms in total. The van der Waals surface area contributed by atoms with Crippen molar-refractivity contribution < 1.29 is 8.78 Å². The number of benzene rings is 2. The van der Waals surface area contributed by atoms with E-state index in [2.05, 4.69) is 20.5 Å². The molecule has 148 valence electrons. The summed E-state index contributed by atoms with van der Waals surface area (Å²) in [4.78, 5) is 18.8. The van der Waals surface area contributed by atoms with E-state index in [1.165, 1.54) is 6.07 Å². The van der Waals surface area contributed by atoms with E-state index < -0.39 is 17.2 Å². The zero-order chi connectivity index (χ0) is 21.3. The largest absolute Gasteiger partial charge is 0.350 e. The van der Waals surface area contributed by atoms with E-state index in [0.29, 0.717) is 11.1 Å². The molecule has 0 bridgehead atoms. The predicted molar refractivity (Wildman–Crippen MR) is 109 cm³/mol. The minimum absolute atomic E-state index is 0.0734. The molecule has 0 radical (unpaired) electrons. The van der Waals surface area contributed by atoms with Gasteiger partial charge in [-0.05, 0) is 12.1 Å². The van der Waals surface area contributed by atoms with Crippen molar-refractivity contribution in [2.45, 2.75) is 0 Å². The van der Waals surface area contributed by atoms with Crippen LogP contribution in [0.4, 0.5) is 14.7 Å². The number of rotatable bonds is 4. The van der Waals surface area contributed by atoms with E-state index in [1.807, 2.05) is 6.07 Å². The topological polar surface area (TPSA) is 98.9 Å². The number of halogens is 2. The minimum Gasteiger partial charge on any atom is -0.350 e. The average Bonchev–Trinajstić information content (AvgIpc) is 3.11. The zero-order valence-electron chi connectivity index (χ0n) is 15.6. The number of H-pyrrole nitrogens is 1. The van der Waals surface area contributed by atoms with Gasteiger partial charge in [0.1, 0.15) is 23.3 Å². The summed E-state index contributed by atoms with van der Waals surface area (Å²) < 4.78 is 30.6. The van der Waals surface area contributed by atoms with Crippen LogP contribution >= 0.6 is 0 Å². The lowest BCUT2D eigenvalue weighted by Crippen LogP contribution is -2.16. The molecule has 0 unspecified atom stereocenters. The van der Waals surface area contributed by atoms with Gasteiger partial charge in [0.2, 0.25) is 5.95 Å². The Balaban J connectivity index is 1.69. The fourth-order valence-corrected chi connectivity index (χ4v) is 3.07. The lowest BCUT2D eigenvalue weighted by molar-refractivity contribution is 0.588. The van der Waals surface area contributed by atoms with Crippen molar-refractivity contribution in [3.63, 3.8) is 0 Å². The molecule has 0 amide bonds. The normalized spacial score (nSPS) is 11.1. The van der Waals surface area contributed by atoms with Crippen molar-refractivity contribution in [2.24, 2.45) is 12.1 Å². The van der Waals surface area contributed by atoms with Crippen LogP contribution in [0.1, 0.15) is 11.1 Å². The third kappa shape index (κ3) is 3.31. The molecule has 4 aromatic rings. The molecule has 0 aliphatic rings. The number of fused-ring (bicyclic) bond motifs is 1. The molecule has 2 heterocycles. The summed E-state index contributed by atoms with van der Waals surface area (Å²) in [6.45, 7) is 0. The van der Waals surface area contributed by atoms with Crippen LogP contribution in [-0.4, -0.2) is 20.7 Å². The summed E-state index contributed by atoms with van der Waals surface area (Å²) in [6.07, 6.45) is 2.60. The quantitative estimate of drug-likeness (QED) is 0.402. The first kappa shape index (κ1) is 19.0. The molecule has 0 saturated heterocycles. The number of nitrogens with one attached hydrogen (secondary N) is 2. The van der Waals surface area contributed by atoms with Gasteiger partial charge in [0, 0.05) is 24.2 Å². The second-order valence-corrected chi connectivity index (χ2v) is 6.43. The summed E-state index contributed by atoms with van der Waals surface area (Å²) in [5, 5.41) is 13.3. The summed E-state index contributed by atoms with van der Waals surface area (Å²) in [5.74, 6) is -1.60. The maximum absolute atomic E-state index is 14.6. The predicted octanol–water partition coefficient (Wildman–Crippen LogP) is 3.52. The molecule has 0 saturated carbocycles. The van der Waals surface area contributed by atoms with Gasteiger partial charge in [-0.25, -0.2) is 19.2 Å². The highest BCUT2D eigenvalue weighted by Crippen LogP contribution is 2.24. The van der Waals surface area contributed by atoms with Gasteiger partial charge in [-0.15, -0.1) is 0 Å². The van der Waals surface area contributed by atoms with Crippen LogP contribution < -0.4 is 11.0 Å². The average molecular weight is 404 g/mol. The summed E-state index contributed by atoms with van der Waals surface area (Å²) in [6, 6.07) is 13.3. The molecule has 0 atom stereocenters. The number of hydrogen-bond acceptors (Lipinski definition) is 5. The van der Waals surface area contributed by atoms with Crippen LogP contribution in [0.15, 0.2) is 58.6 Å². The molecule has 0 aliphatic heterocycles. The zero-order valence-corrected chi connectivity index (χ0v) is 15.6. The number of nitrogens with zero attached hydrogens (tertiary/aromatic N) is 4. The summed E-state index contributed by atoms with van der Waals surface area (Å²) in [7, 11) is 1.69. The van der Waals surface area contributed by atoms with E-state index in [-0.39, 0.29) is 28.2 Å². The third-order valence-electron chi connectivity index (χ3n) is 4.56. The molecular formula is C21H14F2N6O. The van der Waals surface area contributed by atoms with Crippen LogP contribution in [0.5, 0.6) is 0 Å². The van der Waals surface area contributed by atoms with Crippen LogP contribution in [0.2, 0.25) is 0 Å². The van der Waals surface area contributed by atoms with E-state index in [4.69, 9.17) is 0 Å². The highest BCUT2D eigenvalue weighted by Gasteiger charge is 2.15. The highest BCUT2D eigenvalue weighted by atomic mass is 19.1. The summed E-state index contributed by atoms with van der Waals surface area (Å²) >= 11 is 0. The molecule has 0 aliphatic carbocycles. The maximum Gasteiger partial charge on any atom is 0.270 e. The number of anilines is 1. The van der Waals surface area contributed by atoms with E-state index in [0.717, 1.165) is 6.21 Å². The van der Waals surface area contributed by atoms with Crippen molar-refractivity contribution in [1.29, 1.82) is 5.26 Å². The first-order chi connectivity index (χ1) is 14.5. The Labute approximate surface area is 168 Å². The fourth-order valence-electron chi connectivity index (χ4n) is 3.07. The lowest BCUT2D eigenvalue weighted by Gasteiger charge is -2.06. The van der Waals surface area contributed by atoms with Gasteiger partial charge in [-0.1, -0.05) is 30.3 Å². The number of aromatic amines is 1. The van der Waals surface area contributed by atoms with Crippen LogP contribution in [0.3, 0.4) is 0 Å². The van der Waals surface area contributed by atoms with Crippen molar-refractivity contribution in [3.05, 3.63) is 81.8 Å². The third-order valence-corrected chi connectivity index (χ3v) is 4.56.